The number of benzene rings is 1. The lowest BCUT2D eigenvalue weighted by Gasteiger charge is -2.11. The Kier molecular flexibility index (Phi) is 3.47. The molecule has 0 aliphatic heterocycles. The smallest absolute Gasteiger partial charge is 0.248 e. The number of amides is 1. The highest BCUT2D eigenvalue weighted by atomic mass is 16.1. The SMILES string of the molecule is N#Cc1cnc2c(NC3CC3)cc(Nc3cccc(C(N)=O)c3)nn12. The molecule has 0 unspecified atom stereocenters. The van der Waals surface area contributed by atoms with Gasteiger partial charge in [0.25, 0.3) is 0 Å². The molecule has 2 aromatic heterocycles. The first-order valence-corrected chi connectivity index (χ1v) is 7.86. The molecule has 1 aliphatic carbocycles. The van der Waals surface area contributed by atoms with Gasteiger partial charge in [0.2, 0.25) is 5.91 Å². The van der Waals surface area contributed by atoms with Gasteiger partial charge < -0.3 is 16.4 Å². The summed E-state index contributed by atoms with van der Waals surface area (Å²) in [7, 11) is 0. The predicted molar refractivity (Wildman–Crippen MR) is 92.6 cm³/mol. The molecule has 1 aromatic carbocycles. The molecule has 0 saturated heterocycles. The van der Waals surface area contributed by atoms with E-state index in [-0.39, 0.29) is 0 Å². The zero-order chi connectivity index (χ0) is 17.4. The van der Waals surface area contributed by atoms with Crippen LogP contribution in [-0.4, -0.2) is 26.5 Å². The number of nitrogens with zero attached hydrogens (tertiary/aromatic N) is 4. The number of aromatic nitrogens is 3. The highest BCUT2D eigenvalue weighted by Gasteiger charge is 2.23. The summed E-state index contributed by atoms with van der Waals surface area (Å²) < 4.78 is 1.50. The standard InChI is InChI=1S/C17H15N7O/c18-8-13-9-20-17-14(21-11-4-5-11)7-15(23-24(13)17)22-12-3-1-2-10(6-12)16(19)25/h1-3,6-7,9,11,21H,4-5H2,(H2,19,25)(H,22,23). The normalized spacial score (nSPS) is 13.4. The molecule has 124 valence electrons. The minimum Gasteiger partial charge on any atom is -0.379 e. The summed E-state index contributed by atoms with van der Waals surface area (Å²) >= 11 is 0. The van der Waals surface area contributed by atoms with Crippen LogP contribution in [0.25, 0.3) is 5.65 Å². The Hall–Kier alpha value is -3.60. The fourth-order valence-electron chi connectivity index (χ4n) is 2.56. The van der Waals surface area contributed by atoms with E-state index in [0.29, 0.717) is 34.5 Å². The third kappa shape index (κ3) is 2.95. The summed E-state index contributed by atoms with van der Waals surface area (Å²) in [5.74, 6) is 0.0382. The van der Waals surface area contributed by atoms with E-state index < -0.39 is 5.91 Å². The molecule has 2 heterocycles. The largest absolute Gasteiger partial charge is 0.379 e. The second kappa shape index (κ2) is 5.79. The van der Waals surface area contributed by atoms with Crippen molar-refractivity contribution in [1.29, 1.82) is 5.26 Å². The maximum absolute atomic E-state index is 11.3. The highest BCUT2D eigenvalue weighted by molar-refractivity contribution is 5.93. The van der Waals surface area contributed by atoms with E-state index in [1.54, 1.807) is 18.2 Å². The number of nitrogens with one attached hydrogen (secondary N) is 2. The zero-order valence-electron chi connectivity index (χ0n) is 13.2. The third-order valence-electron chi connectivity index (χ3n) is 3.94. The molecule has 1 saturated carbocycles. The molecule has 0 spiro atoms. The summed E-state index contributed by atoms with van der Waals surface area (Å²) in [5.41, 5.74) is 8.18. The van der Waals surface area contributed by atoms with Crippen molar-refractivity contribution in [3.63, 3.8) is 0 Å². The number of hydrogen-bond donors (Lipinski definition) is 3. The van der Waals surface area contributed by atoms with Gasteiger partial charge in [-0.05, 0) is 31.0 Å². The lowest BCUT2D eigenvalue weighted by Crippen LogP contribution is -2.11. The number of rotatable bonds is 5. The molecule has 0 atom stereocenters. The molecular formula is C17H15N7O. The van der Waals surface area contributed by atoms with Gasteiger partial charge in [0, 0.05) is 23.4 Å². The number of primary amides is 1. The van der Waals surface area contributed by atoms with Crippen LogP contribution in [0.1, 0.15) is 28.9 Å². The Labute approximate surface area is 143 Å². The average Bonchev–Trinajstić information content (AvgIpc) is 3.32. The van der Waals surface area contributed by atoms with Crippen molar-refractivity contribution >= 4 is 28.7 Å². The van der Waals surface area contributed by atoms with Crippen LogP contribution in [0.4, 0.5) is 17.2 Å². The lowest BCUT2D eigenvalue weighted by molar-refractivity contribution is 0.100. The van der Waals surface area contributed by atoms with Gasteiger partial charge in [-0.3, -0.25) is 4.79 Å². The second-order valence-electron chi connectivity index (χ2n) is 5.92. The van der Waals surface area contributed by atoms with Gasteiger partial charge in [0.05, 0.1) is 11.9 Å². The van der Waals surface area contributed by atoms with E-state index in [9.17, 15) is 10.1 Å². The number of carbonyl (C=O) groups is 1. The number of fused-ring (bicyclic) bond motifs is 1. The number of carbonyl (C=O) groups excluding carboxylic acids is 1. The number of nitriles is 1. The van der Waals surface area contributed by atoms with E-state index in [1.165, 1.54) is 10.7 Å². The summed E-state index contributed by atoms with van der Waals surface area (Å²) in [4.78, 5) is 15.6. The molecule has 3 aromatic rings. The highest BCUT2D eigenvalue weighted by Crippen LogP contribution is 2.29. The van der Waals surface area contributed by atoms with Gasteiger partial charge in [0.15, 0.2) is 17.2 Å². The molecule has 0 bridgehead atoms. The number of nitrogens with two attached hydrogens (primary N) is 1. The topological polar surface area (TPSA) is 121 Å². The van der Waals surface area contributed by atoms with Crippen LogP contribution in [0.5, 0.6) is 0 Å². The van der Waals surface area contributed by atoms with Crippen molar-refractivity contribution in [3.05, 3.63) is 47.8 Å². The number of anilines is 3. The first-order valence-electron chi connectivity index (χ1n) is 7.86. The quantitative estimate of drug-likeness (QED) is 0.657. The van der Waals surface area contributed by atoms with E-state index in [0.717, 1.165) is 18.5 Å². The molecule has 1 fully saturated rings. The van der Waals surface area contributed by atoms with Crippen LogP contribution in [0.2, 0.25) is 0 Å². The van der Waals surface area contributed by atoms with Crippen LogP contribution in [0.15, 0.2) is 36.5 Å². The molecule has 25 heavy (non-hydrogen) atoms. The van der Waals surface area contributed by atoms with Crippen molar-refractivity contribution < 1.29 is 4.79 Å². The van der Waals surface area contributed by atoms with Gasteiger partial charge >= 0.3 is 0 Å². The number of hydrogen-bond acceptors (Lipinski definition) is 6. The third-order valence-corrected chi connectivity index (χ3v) is 3.94. The van der Waals surface area contributed by atoms with Crippen molar-refractivity contribution in [2.24, 2.45) is 5.73 Å². The summed E-state index contributed by atoms with van der Waals surface area (Å²) in [6.07, 6.45) is 3.73. The van der Waals surface area contributed by atoms with Crippen molar-refractivity contribution in [2.45, 2.75) is 18.9 Å². The summed E-state index contributed by atoms with van der Waals surface area (Å²) in [6, 6.07) is 11.2. The Morgan fingerprint density at radius 1 is 1.36 bits per heavy atom. The first-order chi connectivity index (χ1) is 12.1. The van der Waals surface area contributed by atoms with Crippen molar-refractivity contribution in [2.75, 3.05) is 10.6 Å². The van der Waals surface area contributed by atoms with E-state index in [2.05, 4.69) is 26.8 Å². The minimum absolute atomic E-state index is 0.350. The van der Waals surface area contributed by atoms with Crippen molar-refractivity contribution in [1.82, 2.24) is 14.6 Å². The van der Waals surface area contributed by atoms with E-state index in [1.807, 2.05) is 12.1 Å². The monoisotopic (exact) mass is 333 g/mol. The van der Waals surface area contributed by atoms with Gasteiger partial charge in [0.1, 0.15) is 6.07 Å². The first kappa shape index (κ1) is 15.0. The van der Waals surface area contributed by atoms with Crippen LogP contribution < -0.4 is 16.4 Å². The summed E-state index contributed by atoms with van der Waals surface area (Å²) in [6.45, 7) is 0. The molecule has 1 amide bonds. The number of imidazole rings is 1. The predicted octanol–water partition coefficient (Wildman–Crippen LogP) is 2.02. The van der Waals surface area contributed by atoms with E-state index in [4.69, 9.17) is 5.73 Å². The molecule has 8 nitrogen and oxygen atoms in total. The van der Waals surface area contributed by atoms with Crippen LogP contribution in [0.3, 0.4) is 0 Å². The van der Waals surface area contributed by atoms with Crippen LogP contribution >= 0.6 is 0 Å². The molecule has 8 heteroatoms. The summed E-state index contributed by atoms with van der Waals surface area (Å²) in [5, 5.41) is 20.2. The maximum atomic E-state index is 11.3. The van der Waals surface area contributed by atoms with Gasteiger partial charge in [-0.1, -0.05) is 6.07 Å². The maximum Gasteiger partial charge on any atom is 0.248 e. The molecule has 0 radical (unpaired) electrons. The lowest BCUT2D eigenvalue weighted by atomic mass is 10.2. The van der Waals surface area contributed by atoms with Crippen molar-refractivity contribution in [3.8, 4) is 6.07 Å². The Morgan fingerprint density at radius 3 is 2.92 bits per heavy atom. The minimum atomic E-state index is -0.496. The molecular weight excluding hydrogens is 318 g/mol. The fourth-order valence-corrected chi connectivity index (χ4v) is 2.56. The van der Waals surface area contributed by atoms with Crippen LogP contribution in [0, 0.1) is 11.3 Å². The van der Waals surface area contributed by atoms with Crippen LogP contribution in [-0.2, 0) is 0 Å². The Bertz CT molecular complexity index is 1010. The van der Waals surface area contributed by atoms with E-state index >= 15 is 0 Å². The molecule has 4 N–H and O–H groups in total. The second-order valence-corrected chi connectivity index (χ2v) is 5.92. The van der Waals surface area contributed by atoms with Gasteiger partial charge in [-0.2, -0.15) is 9.78 Å². The fraction of sp³-hybridized carbons (Fsp3) is 0.176. The van der Waals surface area contributed by atoms with Gasteiger partial charge in [-0.15, -0.1) is 5.10 Å². The Morgan fingerprint density at radius 2 is 2.20 bits per heavy atom. The average molecular weight is 333 g/mol. The van der Waals surface area contributed by atoms with Gasteiger partial charge in [-0.25, -0.2) is 4.98 Å². The zero-order valence-corrected chi connectivity index (χ0v) is 13.2. The molecule has 4 rings (SSSR count). The Balaban J connectivity index is 1.74. The molecule has 1 aliphatic rings.